The standard InChI is InChI=1S/C13H23N3O6/c1-8(2)11(19)16-9(12(20)15-7-10(17)18)5-4-6-14-13(21)22-3/h8-9H,4-7H2,1-3H3,(H,14,21)(H,15,20)(H,16,19)(H,17,18)/t9-/m0/s1. The molecular formula is C13H23N3O6. The fourth-order valence-corrected chi connectivity index (χ4v) is 1.46. The maximum atomic E-state index is 11.9. The molecule has 0 aliphatic carbocycles. The van der Waals surface area contributed by atoms with E-state index in [9.17, 15) is 19.2 Å². The Bertz CT molecular complexity index is 411. The normalized spacial score (nSPS) is 11.5. The van der Waals surface area contributed by atoms with Gasteiger partial charge in [0, 0.05) is 12.5 Å². The number of nitrogens with one attached hydrogen (secondary N) is 3. The maximum Gasteiger partial charge on any atom is 0.406 e. The van der Waals surface area contributed by atoms with Crippen molar-refractivity contribution in [2.45, 2.75) is 32.7 Å². The van der Waals surface area contributed by atoms with Crippen LogP contribution in [-0.2, 0) is 19.1 Å². The Hall–Kier alpha value is -2.32. The van der Waals surface area contributed by atoms with Gasteiger partial charge in [-0.2, -0.15) is 0 Å². The van der Waals surface area contributed by atoms with E-state index in [4.69, 9.17) is 5.11 Å². The van der Waals surface area contributed by atoms with Crippen LogP contribution in [0.25, 0.3) is 0 Å². The van der Waals surface area contributed by atoms with Crippen LogP contribution in [0.4, 0.5) is 4.79 Å². The van der Waals surface area contributed by atoms with Crippen LogP contribution in [0.2, 0.25) is 0 Å². The van der Waals surface area contributed by atoms with Gasteiger partial charge in [0.1, 0.15) is 12.6 Å². The van der Waals surface area contributed by atoms with Gasteiger partial charge in [-0.15, -0.1) is 0 Å². The molecule has 0 saturated carbocycles. The first-order valence-electron chi connectivity index (χ1n) is 6.89. The molecule has 0 fully saturated rings. The SMILES string of the molecule is COC(=O)NCCC[C@H](NC(=O)C(C)C)C(=O)NCC(=O)O. The van der Waals surface area contributed by atoms with Crippen LogP contribution in [0.15, 0.2) is 0 Å². The second-order valence-electron chi connectivity index (χ2n) is 4.89. The first-order chi connectivity index (χ1) is 10.3. The maximum absolute atomic E-state index is 11.9. The van der Waals surface area contributed by atoms with Crippen molar-refractivity contribution in [3.8, 4) is 0 Å². The predicted molar refractivity (Wildman–Crippen MR) is 77.1 cm³/mol. The molecule has 0 spiro atoms. The highest BCUT2D eigenvalue weighted by atomic mass is 16.5. The minimum Gasteiger partial charge on any atom is -0.480 e. The molecule has 0 aliphatic heterocycles. The van der Waals surface area contributed by atoms with Crippen LogP contribution >= 0.6 is 0 Å². The lowest BCUT2D eigenvalue weighted by Gasteiger charge is -2.19. The number of methoxy groups -OCH3 is 1. The van der Waals surface area contributed by atoms with Crippen molar-refractivity contribution in [1.82, 2.24) is 16.0 Å². The van der Waals surface area contributed by atoms with Crippen molar-refractivity contribution in [2.24, 2.45) is 5.92 Å². The minimum atomic E-state index is -1.17. The summed E-state index contributed by atoms with van der Waals surface area (Å²) in [6.45, 7) is 3.11. The number of hydrogen-bond donors (Lipinski definition) is 4. The van der Waals surface area contributed by atoms with Crippen molar-refractivity contribution in [3.63, 3.8) is 0 Å². The molecule has 0 aromatic heterocycles. The second kappa shape index (κ2) is 10.4. The van der Waals surface area contributed by atoms with Gasteiger partial charge in [-0.25, -0.2) is 4.79 Å². The lowest BCUT2D eigenvalue weighted by Crippen LogP contribution is -2.49. The summed E-state index contributed by atoms with van der Waals surface area (Å²) in [5.74, 6) is -2.36. The molecule has 3 amide bonds. The molecular weight excluding hydrogens is 294 g/mol. The van der Waals surface area contributed by atoms with E-state index in [1.54, 1.807) is 13.8 Å². The van der Waals surface area contributed by atoms with Crippen LogP contribution in [0.5, 0.6) is 0 Å². The molecule has 1 atom stereocenters. The van der Waals surface area contributed by atoms with Crippen molar-refractivity contribution < 1.29 is 29.0 Å². The Morgan fingerprint density at radius 2 is 1.73 bits per heavy atom. The summed E-state index contributed by atoms with van der Waals surface area (Å²) in [6.07, 6.45) is 0.0881. The number of carbonyl (C=O) groups excluding carboxylic acids is 3. The van der Waals surface area contributed by atoms with Gasteiger partial charge in [0.05, 0.1) is 7.11 Å². The minimum absolute atomic E-state index is 0.258. The van der Waals surface area contributed by atoms with E-state index in [0.717, 1.165) is 0 Å². The summed E-state index contributed by atoms with van der Waals surface area (Å²) >= 11 is 0. The zero-order chi connectivity index (χ0) is 17.1. The van der Waals surface area contributed by atoms with Gasteiger partial charge >= 0.3 is 12.1 Å². The molecule has 22 heavy (non-hydrogen) atoms. The van der Waals surface area contributed by atoms with Crippen molar-refractivity contribution >= 4 is 23.9 Å². The van der Waals surface area contributed by atoms with E-state index in [1.165, 1.54) is 7.11 Å². The first kappa shape index (κ1) is 19.7. The third-order valence-corrected chi connectivity index (χ3v) is 2.70. The lowest BCUT2D eigenvalue weighted by atomic mass is 10.1. The Morgan fingerprint density at radius 3 is 2.23 bits per heavy atom. The Balaban J connectivity index is 4.44. The molecule has 0 aromatic rings. The van der Waals surface area contributed by atoms with E-state index < -0.39 is 30.6 Å². The molecule has 0 unspecified atom stereocenters. The van der Waals surface area contributed by atoms with E-state index in [0.29, 0.717) is 6.42 Å². The van der Waals surface area contributed by atoms with Crippen molar-refractivity contribution in [3.05, 3.63) is 0 Å². The highest BCUT2D eigenvalue weighted by Crippen LogP contribution is 2.01. The van der Waals surface area contributed by atoms with Crippen molar-refractivity contribution in [2.75, 3.05) is 20.2 Å². The predicted octanol–water partition coefficient (Wildman–Crippen LogP) is -0.536. The Labute approximate surface area is 128 Å². The molecule has 0 saturated heterocycles. The van der Waals surface area contributed by atoms with Crippen LogP contribution in [0.3, 0.4) is 0 Å². The summed E-state index contributed by atoms with van der Waals surface area (Å²) in [7, 11) is 1.24. The molecule has 126 valence electrons. The van der Waals surface area contributed by atoms with E-state index in [2.05, 4.69) is 20.7 Å². The van der Waals surface area contributed by atoms with Gasteiger partial charge in [0.25, 0.3) is 0 Å². The monoisotopic (exact) mass is 317 g/mol. The fourth-order valence-electron chi connectivity index (χ4n) is 1.46. The van der Waals surface area contributed by atoms with E-state index in [-0.39, 0.29) is 24.8 Å². The molecule has 0 bridgehead atoms. The molecule has 0 heterocycles. The third-order valence-electron chi connectivity index (χ3n) is 2.70. The molecule has 0 aliphatic rings. The van der Waals surface area contributed by atoms with E-state index >= 15 is 0 Å². The molecule has 9 heteroatoms. The van der Waals surface area contributed by atoms with E-state index in [1.807, 2.05) is 0 Å². The van der Waals surface area contributed by atoms with Gasteiger partial charge in [0.15, 0.2) is 0 Å². The van der Waals surface area contributed by atoms with Crippen LogP contribution in [0, 0.1) is 5.92 Å². The molecule has 0 rings (SSSR count). The largest absolute Gasteiger partial charge is 0.480 e. The van der Waals surface area contributed by atoms with Gasteiger partial charge in [-0.3, -0.25) is 14.4 Å². The first-order valence-corrected chi connectivity index (χ1v) is 6.89. The van der Waals surface area contributed by atoms with Crippen LogP contribution in [0.1, 0.15) is 26.7 Å². The smallest absolute Gasteiger partial charge is 0.406 e. The van der Waals surface area contributed by atoms with Gasteiger partial charge in [-0.05, 0) is 12.8 Å². The number of alkyl carbamates (subject to hydrolysis) is 1. The van der Waals surface area contributed by atoms with Gasteiger partial charge in [0.2, 0.25) is 11.8 Å². The number of carbonyl (C=O) groups is 4. The number of carboxylic acids is 1. The Morgan fingerprint density at radius 1 is 1.09 bits per heavy atom. The third kappa shape index (κ3) is 8.77. The number of amides is 3. The topological polar surface area (TPSA) is 134 Å². The fraction of sp³-hybridized carbons (Fsp3) is 0.692. The quantitative estimate of drug-likeness (QED) is 0.422. The molecule has 4 N–H and O–H groups in total. The Kier molecular flexibility index (Phi) is 9.31. The zero-order valence-corrected chi connectivity index (χ0v) is 13.0. The highest BCUT2D eigenvalue weighted by molar-refractivity contribution is 5.89. The number of hydrogen-bond acceptors (Lipinski definition) is 5. The van der Waals surface area contributed by atoms with Gasteiger partial charge in [-0.1, -0.05) is 13.8 Å². The zero-order valence-electron chi connectivity index (χ0n) is 13.0. The number of rotatable bonds is 9. The second-order valence-corrected chi connectivity index (χ2v) is 4.89. The molecule has 0 aromatic carbocycles. The summed E-state index contributed by atoms with van der Waals surface area (Å²) in [6, 6.07) is -0.853. The summed E-state index contributed by atoms with van der Waals surface area (Å²) in [5, 5.41) is 15.8. The average Bonchev–Trinajstić information content (AvgIpc) is 2.46. The molecule has 0 radical (unpaired) electrons. The summed E-state index contributed by atoms with van der Waals surface area (Å²) in [5.41, 5.74) is 0. The number of carboxylic acid groups (broad SMARTS) is 1. The lowest BCUT2D eigenvalue weighted by molar-refractivity contribution is -0.138. The van der Waals surface area contributed by atoms with Gasteiger partial charge < -0.3 is 25.8 Å². The van der Waals surface area contributed by atoms with Crippen molar-refractivity contribution in [1.29, 1.82) is 0 Å². The van der Waals surface area contributed by atoms with Crippen LogP contribution < -0.4 is 16.0 Å². The highest BCUT2D eigenvalue weighted by Gasteiger charge is 2.22. The number of aliphatic carboxylic acids is 1. The number of ether oxygens (including phenoxy) is 1. The summed E-state index contributed by atoms with van der Waals surface area (Å²) < 4.78 is 4.40. The summed E-state index contributed by atoms with van der Waals surface area (Å²) in [4.78, 5) is 44.9. The average molecular weight is 317 g/mol. The van der Waals surface area contributed by atoms with Crippen LogP contribution in [-0.4, -0.2) is 55.2 Å². The molecule has 9 nitrogen and oxygen atoms in total.